The van der Waals surface area contributed by atoms with Gasteiger partial charge in [0.15, 0.2) is 0 Å². The van der Waals surface area contributed by atoms with Crippen LogP contribution in [0, 0.1) is 5.92 Å². The minimum absolute atomic E-state index is 0. The molecule has 3 rings (SSSR count). The lowest BCUT2D eigenvalue weighted by Gasteiger charge is -2.31. The zero-order valence-electron chi connectivity index (χ0n) is 12.2. The Morgan fingerprint density at radius 2 is 1.91 bits per heavy atom. The number of halogens is 2. The van der Waals surface area contributed by atoms with Crippen LogP contribution in [0.2, 0.25) is 0 Å². The van der Waals surface area contributed by atoms with E-state index in [0.717, 1.165) is 25.3 Å². The van der Waals surface area contributed by atoms with Crippen LogP contribution in [0.3, 0.4) is 0 Å². The number of nitrogens with zero attached hydrogens (tertiary/aromatic N) is 2. The van der Waals surface area contributed by atoms with E-state index in [1.165, 1.54) is 19.0 Å². The molecule has 1 aromatic heterocycles. The molecular weight excluding hydrogens is 390 g/mol. The van der Waals surface area contributed by atoms with Gasteiger partial charge in [0.25, 0.3) is 0 Å². The molecule has 22 heavy (non-hydrogen) atoms. The number of hydrogen-bond donors (Lipinski definition) is 1. The normalized spacial score (nSPS) is 20.6. The number of aromatic nitrogens is 1. The van der Waals surface area contributed by atoms with Crippen LogP contribution in [0.15, 0.2) is 27.8 Å². The lowest BCUT2D eigenvalue weighted by Crippen LogP contribution is -2.45. The van der Waals surface area contributed by atoms with Gasteiger partial charge in [-0.3, -0.25) is 4.98 Å². The third kappa shape index (κ3) is 4.41. The molecule has 0 unspecified atom stereocenters. The highest BCUT2D eigenvalue weighted by molar-refractivity contribution is 9.10. The molecule has 2 aliphatic rings. The molecule has 1 aliphatic carbocycles. The smallest absolute Gasteiger partial charge is 0.244 e. The van der Waals surface area contributed by atoms with E-state index in [1.807, 2.05) is 0 Å². The molecule has 0 radical (unpaired) electrons. The third-order valence-corrected chi connectivity index (χ3v) is 6.46. The summed E-state index contributed by atoms with van der Waals surface area (Å²) in [7, 11) is -3.41. The van der Waals surface area contributed by atoms with Crippen LogP contribution in [0.4, 0.5) is 0 Å². The standard InChI is InChI=1S/C14H20BrN3O2S.ClH/c15-12-7-14(10-16-9-12)21(19,20)18-5-3-13(4-6-18)17-8-11-1-2-11;/h7,9-11,13,17H,1-6,8H2;1H. The highest BCUT2D eigenvalue weighted by Crippen LogP contribution is 2.28. The number of sulfonamides is 1. The van der Waals surface area contributed by atoms with Gasteiger partial charge in [-0.15, -0.1) is 12.4 Å². The lowest BCUT2D eigenvalue weighted by atomic mass is 10.1. The highest BCUT2D eigenvalue weighted by Gasteiger charge is 2.30. The number of pyridine rings is 1. The maximum atomic E-state index is 12.6. The first-order chi connectivity index (χ1) is 10.1. The molecule has 5 nitrogen and oxygen atoms in total. The van der Waals surface area contributed by atoms with Gasteiger partial charge in [0.2, 0.25) is 10.0 Å². The Morgan fingerprint density at radius 3 is 2.50 bits per heavy atom. The van der Waals surface area contributed by atoms with Gasteiger partial charge in [-0.05, 0) is 60.1 Å². The first-order valence-corrected chi connectivity index (χ1v) is 9.63. The minimum atomic E-state index is -3.41. The van der Waals surface area contributed by atoms with Crippen molar-refractivity contribution in [2.75, 3.05) is 19.6 Å². The molecular formula is C14H21BrClN3O2S. The summed E-state index contributed by atoms with van der Waals surface area (Å²) in [5.41, 5.74) is 0. The van der Waals surface area contributed by atoms with Crippen molar-refractivity contribution in [3.05, 3.63) is 22.9 Å². The molecule has 0 amide bonds. The van der Waals surface area contributed by atoms with E-state index in [9.17, 15) is 8.42 Å². The number of nitrogens with one attached hydrogen (secondary N) is 1. The number of rotatable bonds is 5. The predicted octanol–water partition coefficient (Wildman–Crippen LogP) is 2.42. The zero-order valence-corrected chi connectivity index (χ0v) is 15.5. The topological polar surface area (TPSA) is 62.3 Å². The summed E-state index contributed by atoms with van der Waals surface area (Å²) in [5.74, 6) is 0.861. The molecule has 1 saturated carbocycles. The molecule has 1 saturated heterocycles. The highest BCUT2D eigenvalue weighted by atomic mass is 79.9. The molecule has 1 N–H and O–H groups in total. The quantitative estimate of drug-likeness (QED) is 0.810. The van der Waals surface area contributed by atoms with Gasteiger partial charge in [0.1, 0.15) is 4.90 Å². The Balaban J connectivity index is 0.00000176. The lowest BCUT2D eigenvalue weighted by molar-refractivity contribution is 0.288. The van der Waals surface area contributed by atoms with Gasteiger partial charge in [0, 0.05) is 36.0 Å². The summed E-state index contributed by atoms with van der Waals surface area (Å²) in [6.07, 6.45) is 7.46. The average Bonchev–Trinajstić information content (AvgIpc) is 3.30. The molecule has 8 heteroatoms. The van der Waals surface area contributed by atoms with E-state index in [-0.39, 0.29) is 17.3 Å². The molecule has 1 aliphatic heterocycles. The van der Waals surface area contributed by atoms with Crippen molar-refractivity contribution in [1.29, 1.82) is 0 Å². The second-order valence-electron chi connectivity index (χ2n) is 5.87. The molecule has 0 bridgehead atoms. The monoisotopic (exact) mass is 409 g/mol. The van der Waals surface area contributed by atoms with Crippen molar-refractivity contribution < 1.29 is 8.42 Å². The van der Waals surface area contributed by atoms with Crippen LogP contribution >= 0.6 is 28.3 Å². The summed E-state index contributed by atoms with van der Waals surface area (Å²) in [6.45, 7) is 2.25. The van der Waals surface area contributed by atoms with Gasteiger partial charge in [-0.1, -0.05) is 0 Å². The fourth-order valence-electron chi connectivity index (χ4n) is 2.64. The van der Waals surface area contributed by atoms with Crippen molar-refractivity contribution >= 4 is 38.4 Å². The molecule has 0 aromatic carbocycles. The first-order valence-electron chi connectivity index (χ1n) is 7.40. The van der Waals surface area contributed by atoms with Crippen LogP contribution in [-0.2, 0) is 10.0 Å². The maximum Gasteiger partial charge on any atom is 0.244 e. The van der Waals surface area contributed by atoms with Crippen LogP contribution in [0.5, 0.6) is 0 Å². The van der Waals surface area contributed by atoms with Gasteiger partial charge >= 0.3 is 0 Å². The molecule has 124 valence electrons. The van der Waals surface area contributed by atoms with Crippen molar-refractivity contribution in [2.24, 2.45) is 5.92 Å². The second-order valence-corrected chi connectivity index (χ2v) is 8.72. The van der Waals surface area contributed by atoms with Crippen LogP contribution in [0.25, 0.3) is 0 Å². The molecule has 0 spiro atoms. The summed E-state index contributed by atoms with van der Waals surface area (Å²) in [4.78, 5) is 4.22. The van der Waals surface area contributed by atoms with E-state index in [1.54, 1.807) is 16.6 Å². The maximum absolute atomic E-state index is 12.6. The van der Waals surface area contributed by atoms with Crippen LogP contribution in [0.1, 0.15) is 25.7 Å². The average molecular weight is 411 g/mol. The Kier molecular flexibility index (Phi) is 6.24. The van der Waals surface area contributed by atoms with E-state index in [2.05, 4.69) is 26.2 Å². The minimum Gasteiger partial charge on any atom is -0.314 e. The molecule has 0 atom stereocenters. The van der Waals surface area contributed by atoms with Crippen LogP contribution < -0.4 is 5.32 Å². The fraction of sp³-hybridized carbons (Fsp3) is 0.643. The fourth-order valence-corrected chi connectivity index (χ4v) is 4.61. The van der Waals surface area contributed by atoms with Gasteiger partial charge < -0.3 is 5.32 Å². The number of hydrogen-bond acceptors (Lipinski definition) is 4. The van der Waals surface area contributed by atoms with Gasteiger partial charge in [-0.2, -0.15) is 4.31 Å². The Hall–Kier alpha value is -0.210. The zero-order chi connectivity index (χ0) is 14.9. The molecule has 2 fully saturated rings. The Morgan fingerprint density at radius 1 is 1.23 bits per heavy atom. The summed E-state index contributed by atoms with van der Waals surface area (Å²) < 4.78 is 27.4. The van der Waals surface area contributed by atoms with Crippen molar-refractivity contribution in [1.82, 2.24) is 14.6 Å². The SMILES string of the molecule is Cl.O=S(=O)(c1cncc(Br)c1)N1CCC(NCC2CC2)CC1. The summed E-state index contributed by atoms with van der Waals surface area (Å²) in [6, 6.07) is 2.07. The summed E-state index contributed by atoms with van der Waals surface area (Å²) in [5, 5.41) is 3.56. The summed E-state index contributed by atoms with van der Waals surface area (Å²) >= 11 is 3.27. The van der Waals surface area contributed by atoms with Crippen molar-refractivity contribution in [3.8, 4) is 0 Å². The Labute approximate surface area is 146 Å². The second kappa shape index (κ2) is 7.57. The van der Waals surface area contributed by atoms with E-state index in [0.29, 0.717) is 23.6 Å². The first kappa shape index (κ1) is 18.1. The molecule has 2 heterocycles. The predicted molar refractivity (Wildman–Crippen MR) is 91.7 cm³/mol. The third-order valence-electron chi connectivity index (χ3n) is 4.16. The van der Waals surface area contributed by atoms with E-state index < -0.39 is 10.0 Å². The number of piperidine rings is 1. The van der Waals surface area contributed by atoms with Crippen molar-refractivity contribution in [3.63, 3.8) is 0 Å². The van der Waals surface area contributed by atoms with Crippen molar-refractivity contribution in [2.45, 2.75) is 36.6 Å². The van der Waals surface area contributed by atoms with Crippen LogP contribution in [-0.4, -0.2) is 43.4 Å². The van der Waals surface area contributed by atoms with E-state index in [4.69, 9.17) is 0 Å². The largest absolute Gasteiger partial charge is 0.314 e. The van der Waals surface area contributed by atoms with Gasteiger partial charge in [-0.25, -0.2) is 8.42 Å². The Bertz CT molecular complexity index is 602. The molecule has 1 aromatic rings. The van der Waals surface area contributed by atoms with E-state index >= 15 is 0 Å². The van der Waals surface area contributed by atoms with Gasteiger partial charge in [0.05, 0.1) is 0 Å².